The number of ether oxygens (including phenoxy) is 1. The van der Waals surface area contributed by atoms with Gasteiger partial charge in [-0.15, -0.1) is 0 Å². The van der Waals surface area contributed by atoms with Crippen molar-refractivity contribution < 1.29 is 9.53 Å². The topological polar surface area (TPSA) is 32.8 Å². The molecule has 2 aliphatic heterocycles. The molecule has 0 aliphatic carbocycles. The molecular weight excluding hydrogens is 276 g/mol. The summed E-state index contributed by atoms with van der Waals surface area (Å²) in [5.74, 6) is 0. The fourth-order valence-electron chi connectivity index (χ4n) is 3.52. The Bertz CT molecular complexity index is 564. The average Bonchev–Trinajstić information content (AvgIpc) is 2.44. The molecule has 1 aromatic rings. The second kappa shape index (κ2) is 5.58. The van der Waals surface area contributed by atoms with Gasteiger partial charge in [-0.3, -0.25) is 4.90 Å². The number of amides is 1. The molecule has 1 saturated heterocycles. The summed E-state index contributed by atoms with van der Waals surface area (Å²) in [6.07, 6.45) is 0.911. The Balaban J connectivity index is 1.81. The smallest absolute Gasteiger partial charge is 0.410 e. The lowest BCUT2D eigenvalue weighted by Crippen LogP contribution is -2.57. The van der Waals surface area contributed by atoms with Crippen LogP contribution in [-0.4, -0.2) is 47.2 Å². The van der Waals surface area contributed by atoms with Crippen LogP contribution in [0.5, 0.6) is 0 Å². The summed E-state index contributed by atoms with van der Waals surface area (Å²) in [7, 11) is 0. The molecular formula is C18H26N2O2. The van der Waals surface area contributed by atoms with Crippen molar-refractivity contribution in [1.82, 2.24) is 9.80 Å². The summed E-state index contributed by atoms with van der Waals surface area (Å²) in [6.45, 7) is 10.6. The summed E-state index contributed by atoms with van der Waals surface area (Å²) < 4.78 is 5.58. The van der Waals surface area contributed by atoms with Crippen molar-refractivity contribution in [3.63, 3.8) is 0 Å². The first-order valence-electron chi connectivity index (χ1n) is 8.16. The minimum Gasteiger partial charge on any atom is -0.444 e. The third kappa shape index (κ3) is 2.98. The number of benzene rings is 1. The molecule has 4 heteroatoms. The highest BCUT2D eigenvalue weighted by molar-refractivity contribution is 5.69. The van der Waals surface area contributed by atoms with Crippen LogP contribution < -0.4 is 0 Å². The Kier molecular flexibility index (Phi) is 3.89. The van der Waals surface area contributed by atoms with Crippen LogP contribution in [0.2, 0.25) is 0 Å². The van der Waals surface area contributed by atoms with Gasteiger partial charge >= 0.3 is 6.09 Å². The summed E-state index contributed by atoms with van der Waals surface area (Å²) >= 11 is 0. The molecule has 0 saturated carbocycles. The predicted molar refractivity (Wildman–Crippen MR) is 86.9 cm³/mol. The molecule has 22 heavy (non-hydrogen) atoms. The molecule has 4 nitrogen and oxygen atoms in total. The van der Waals surface area contributed by atoms with E-state index in [1.54, 1.807) is 0 Å². The molecule has 1 aromatic carbocycles. The summed E-state index contributed by atoms with van der Waals surface area (Å²) in [5.41, 5.74) is 2.34. The minimum atomic E-state index is -0.446. The Hall–Kier alpha value is -1.55. The van der Waals surface area contributed by atoms with E-state index in [1.165, 1.54) is 11.1 Å². The zero-order valence-corrected chi connectivity index (χ0v) is 14.0. The van der Waals surface area contributed by atoms with Crippen LogP contribution in [-0.2, 0) is 11.2 Å². The number of carbonyl (C=O) groups is 1. The molecule has 0 unspecified atom stereocenters. The zero-order chi connectivity index (χ0) is 15.9. The van der Waals surface area contributed by atoms with E-state index in [2.05, 4.69) is 36.1 Å². The van der Waals surface area contributed by atoms with Gasteiger partial charge in [-0.1, -0.05) is 24.3 Å². The van der Waals surface area contributed by atoms with Crippen molar-refractivity contribution in [3.8, 4) is 0 Å². The normalized spacial score (nSPS) is 25.4. The first kappa shape index (κ1) is 15.3. The highest BCUT2D eigenvalue weighted by atomic mass is 16.6. The van der Waals surface area contributed by atoms with E-state index in [1.807, 2.05) is 25.7 Å². The molecule has 120 valence electrons. The number of carbonyl (C=O) groups excluding carboxylic acids is 1. The quantitative estimate of drug-likeness (QED) is 0.737. The number of hydrogen-bond donors (Lipinski definition) is 0. The van der Waals surface area contributed by atoms with Crippen molar-refractivity contribution in [1.29, 1.82) is 0 Å². The van der Waals surface area contributed by atoms with Gasteiger partial charge in [0.1, 0.15) is 5.60 Å². The van der Waals surface area contributed by atoms with Gasteiger partial charge in [0.2, 0.25) is 0 Å². The highest BCUT2D eigenvalue weighted by Crippen LogP contribution is 2.34. The minimum absolute atomic E-state index is 0.191. The van der Waals surface area contributed by atoms with E-state index in [0.29, 0.717) is 12.6 Å². The van der Waals surface area contributed by atoms with Crippen molar-refractivity contribution in [3.05, 3.63) is 35.4 Å². The molecule has 1 amide bonds. The van der Waals surface area contributed by atoms with Crippen LogP contribution in [0.1, 0.15) is 44.9 Å². The standard InChI is InChI=1S/C18H26N2O2/c1-13-11-19-10-9-14-7-5-6-8-15(14)16(19)12-20(13)17(21)22-18(2,3)4/h5-8,13,16H,9-12H2,1-4H3/t13-,16-/m0/s1. The van der Waals surface area contributed by atoms with Gasteiger partial charge in [-0.25, -0.2) is 4.79 Å². The Morgan fingerprint density at radius 2 is 1.95 bits per heavy atom. The molecule has 2 atom stereocenters. The van der Waals surface area contributed by atoms with Gasteiger partial charge in [0.05, 0.1) is 6.04 Å². The second-order valence-electron chi connectivity index (χ2n) is 7.44. The fraction of sp³-hybridized carbons (Fsp3) is 0.611. The SMILES string of the molecule is C[C@H]1CN2CCc3ccccc3[C@@H]2CN1C(=O)OC(C)(C)C. The van der Waals surface area contributed by atoms with Gasteiger partial charge in [0, 0.05) is 25.7 Å². The summed E-state index contributed by atoms with van der Waals surface area (Å²) in [5, 5.41) is 0. The third-order valence-electron chi connectivity index (χ3n) is 4.55. The van der Waals surface area contributed by atoms with E-state index in [0.717, 1.165) is 19.5 Å². The van der Waals surface area contributed by atoms with Crippen molar-refractivity contribution in [2.75, 3.05) is 19.6 Å². The number of nitrogens with zero attached hydrogens (tertiary/aromatic N) is 2. The van der Waals surface area contributed by atoms with Crippen LogP contribution >= 0.6 is 0 Å². The Labute approximate surface area is 133 Å². The first-order chi connectivity index (χ1) is 10.3. The van der Waals surface area contributed by atoms with Crippen molar-refractivity contribution in [2.24, 2.45) is 0 Å². The van der Waals surface area contributed by atoms with E-state index < -0.39 is 5.60 Å². The molecule has 0 N–H and O–H groups in total. The Morgan fingerprint density at radius 1 is 1.23 bits per heavy atom. The lowest BCUT2D eigenvalue weighted by molar-refractivity contribution is -0.0150. The van der Waals surface area contributed by atoms with Crippen LogP contribution in [0.15, 0.2) is 24.3 Å². The van der Waals surface area contributed by atoms with Gasteiger partial charge < -0.3 is 9.64 Å². The number of fused-ring (bicyclic) bond motifs is 3. The van der Waals surface area contributed by atoms with E-state index in [-0.39, 0.29) is 12.1 Å². The second-order valence-corrected chi connectivity index (χ2v) is 7.44. The lowest BCUT2D eigenvalue weighted by atomic mass is 9.90. The fourth-order valence-corrected chi connectivity index (χ4v) is 3.52. The van der Waals surface area contributed by atoms with E-state index >= 15 is 0 Å². The average molecular weight is 302 g/mol. The maximum Gasteiger partial charge on any atom is 0.410 e. The molecule has 0 aromatic heterocycles. The van der Waals surface area contributed by atoms with Gasteiger partial charge in [0.15, 0.2) is 0 Å². The third-order valence-corrected chi connectivity index (χ3v) is 4.55. The van der Waals surface area contributed by atoms with Crippen LogP contribution in [0.3, 0.4) is 0 Å². The maximum absolute atomic E-state index is 12.5. The molecule has 0 radical (unpaired) electrons. The van der Waals surface area contributed by atoms with Crippen LogP contribution in [0, 0.1) is 0 Å². The molecule has 1 fully saturated rings. The monoisotopic (exact) mass is 302 g/mol. The van der Waals surface area contributed by atoms with Gasteiger partial charge in [0.25, 0.3) is 0 Å². The van der Waals surface area contributed by atoms with Crippen molar-refractivity contribution in [2.45, 2.75) is 51.8 Å². The molecule has 2 aliphatic rings. The van der Waals surface area contributed by atoms with E-state index in [9.17, 15) is 4.79 Å². The highest BCUT2D eigenvalue weighted by Gasteiger charge is 2.38. The van der Waals surface area contributed by atoms with Gasteiger partial charge in [-0.05, 0) is 45.2 Å². The summed E-state index contributed by atoms with van der Waals surface area (Å²) in [4.78, 5) is 16.9. The number of hydrogen-bond acceptors (Lipinski definition) is 3. The molecule has 2 heterocycles. The zero-order valence-electron chi connectivity index (χ0n) is 14.0. The molecule has 0 bridgehead atoms. The van der Waals surface area contributed by atoms with Crippen LogP contribution in [0.25, 0.3) is 0 Å². The largest absolute Gasteiger partial charge is 0.444 e. The first-order valence-corrected chi connectivity index (χ1v) is 8.16. The number of rotatable bonds is 0. The van der Waals surface area contributed by atoms with Crippen LogP contribution in [0.4, 0.5) is 4.79 Å². The maximum atomic E-state index is 12.5. The van der Waals surface area contributed by atoms with Crippen molar-refractivity contribution >= 4 is 6.09 Å². The summed E-state index contributed by atoms with van der Waals surface area (Å²) in [6, 6.07) is 9.10. The van der Waals surface area contributed by atoms with Gasteiger partial charge in [-0.2, -0.15) is 0 Å². The lowest BCUT2D eigenvalue weighted by Gasteiger charge is -2.48. The predicted octanol–water partition coefficient (Wildman–Crippen LogP) is 3.23. The van der Waals surface area contributed by atoms with E-state index in [4.69, 9.17) is 4.74 Å². The molecule has 3 rings (SSSR count). The molecule has 0 spiro atoms. The number of piperazine rings is 1. The Morgan fingerprint density at radius 3 is 2.68 bits per heavy atom.